The largest absolute Gasteiger partial charge is 0.503 e. The molecule has 0 aliphatic heterocycles. The van der Waals surface area contributed by atoms with Crippen LogP contribution in [0.4, 0.5) is 0 Å². The number of unbranched alkanes of at least 4 members (excludes halogenated alkanes) is 1. The SMILES string of the molecule is CCCC[C@H](N)C(=O)NC(=O)c1nccc(OCC2CCCCC2)c1O. The second kappa shape index (κ2) is 10.1. The molecular weight excluding hydrogens is 334 g/mol. The molecule has 4 N–H and O–H groups in total. The average molecular weight is 363 g/mol. The van der Waals surface area contributed by atoms with Gasteiger partial charge in [0.1, 0.15) is 0 Å². The van der Waals surface area contributed by atoms with E-state index < -0.39 is 17.9 Å². The number of carbonyl (C=O) groups is 2. The van der Waals surface area contributed by atoms with Crippen LogP contribution in [0.5, 0.6) is 11.5 Å². The predicted molar refractivity (Wildman–Crippen MR) is 97.9 cm³/mol. The zero-order valence-corrected chi connectivity index (χ0v) is 15.4. The average Bonchev–Trinajstić information content (AvgIpc) is 2.65. The highest BCUT2D eigenvalue weighted by Gasteiger charge is 2.22. The molecule has 1 aliphatic rings. The first-order chi connectivity index (χ1) is 12.5. The van der Waals surface area contributed by atoms with Crippen molar-refractivity contribution < 1.29 is 19.4 Å². The number of nitrogens with zero attached hydrogens (tertiary/aromatic N) is 1. The van der Waals surface area contributed by atoms with Gasteiger partial charge in [-0.25, -0.2) is 4.98 Å². The van der Waals surface area contributed by atoms with Gasteiger partial charge in [-0.05, 0) is 25.2 Å². The molecule has 1 saturated carbocycles. The van der Waals surface area contributed by atoms with Crippen LogP contribution < -0.4 is 15.8 Å². The van der Waals surface area contributed by atoms with E-state index in [1.807, 2.05) is 6.92 Å². The summed E-state index contributed by atoms with van der Waals surface area (Å²) in [5.74, 6) is -1.03. The van der Waals surface area contributed by atoms with Crippen LogP contribution in [-0.2, 0) is 4.79 Å². The fraction of sp³-hybridized carbons (Fsp3) is 0.632. The van der Waals surface area contributed by atoms with E-state index >= 15 is 0 Å². The van der Waals surface area contributed by atoms with Crippen LogP contribution in [0.2, 0.25) is 0 Å². The molecule has 1 aromatic heterocycles. The van der Waals surface area contributed by atoms with Gasteiger partial charge in [0.25, 0.3) is 5.91 Å². The number of aromatic nitrogens is 1. The van der Waals surface area contributed by atoms with Gasteiger partial charge in [-0.1, -0.05) is 39.0 Å². The van der Waals surface area contributed by atoms with E-state index in [0.717, 1.165) is 25.7 Å². The molecule has 1 heterocycles. The lowest BCUT2D eigenvalue weighted by atomic mass is 9.90. The topological polar surface area (TPSA) is 115 Å². The van der Waals surface area contributed by atoms with Crippen molar-refractivity contribution in [3.8, 4) is 11.5 Å². The van der Waals surface area contributed by atoms with E-state index in [2.05, 4.69) is 10.3 Å². The van der Waals surface area contributed by atoms with Gasteiger partial charge < -0.3 is 15.6 Å². The second-order valence-corrected chi connectivity index (χ2v) is 6.89. The zero-order valence-electron chi connectivity index (χ0n) is 15.4. The van der Waals surface area contributed by atoms with E-state index in [9.17, 15) is 14.7 Å². The van der Waals surface area contributed by atoms with Crippen LogP contribution in [-0.4, -0.2) is 34.6 Å². The first-order valence-electron chi connectivity index (χ1n) is 9.44. The Labute approximate surface area is 154 Å². The highest BCUT2D eigenvalue weighted by atomic mass is 16.5. The number of ether oxygens (including phenoxy) is 1. The quantitative estimate of drug-likeness (QED) is 0.654. The molecule has 1 atom stereocenters. The van der Waals surface area contributed by atoms with Crippen molar-refractivity contribution in [1.29, 1.82) is 0 Å². The van der Waals surface area contributed by atoms with Crippen LogP contribution >= 0.6 is 0 Å². The molecule has 2 amide bonds. The Balaban J connectivity index is 1.96. The molecule has 1 aliphatic carbocycles. The number of aromatic hydroxyl groups is 1. The molecule has 0 saturated heterocycles. The van der Waals surface area contributed by atoms with Gasteiger partial charge in [0.05, 0.1) is 12.6 Å². The summed E-state index contributed by atoms with van der Waals surface area (Å²) < 4.78 is 5.69. The van der Waals surface area contributed by atoms with Gasteiger partial charge in [0, 0.05) is 12.3 Å². The number of carbonyl (C=O) groups excluding carboxylic acids is 2. The monoisotopic (exact) mass is 363 g/mol. The summed E-state index contributed by atoms with van der Waals surface area (Å²) in [6.07, 6.45) is 9.48. The molecule has 26 heavy (non-hydrogen) atoms. The molecule has 2 rings (SSSR count). The summed E-state index contributed by atoms with van der Waals surface area (Å²) >= 11 is 0. The fourth-order valence-electron chi connectivity index (χ4n) is 3.10. The van der Waals surface area contributed by atoms with Crippen molar-refractivity contribution in [1.82, 2.24) is 10.3 Å². The number of rotatable bonds is 8. The van der Waals surface area contributed by atoms with Crippen molar-refractivity contribution in [3.63, 3.8) is 0 Å². The molecule has 0 aromatic carbocycles. The van der Waals surface area contributed by atoms with E-state index in [4.69, 9.17) is 10.5 Å². The third-order valence-electron chi connectivity index (χ3n) is 4.74. The highest BCUT2D eigenvalue weighted by Crippen LogP contribution is 2.30. The minimum Gasteiger partial charge on any atom is -0.503 e. The maximum atomic E-state index is 12.2. The van der Waals surface area contributed by atoms with Crippen molar-refractivity contribution >= 4 is 11.8 Å². The third-order valence-corrected chi connectivity index (χ3v) is 4.74. The number of hydrogen-bond donors (Lipinski definition) is 3. The number of imide groups is 1. The Bertz CT molecular complexity index is 615. The molecule has 144 valence electrons. The maximum Gasteiger partial charge on any atom is 0.280 e. The summed E-state index contributed by atoms with van der Waals surface area (Å²) in [6, 6.07) is 0.760. The number of amides is 2. The first-order valence-corrected chi connectivity index (χ1v) is 9.44. The smallest absolute Gasteiger partial charge is 0.280 e. The molecule has 7 heteroatoms. The number of nitrogens with two attached hydrogens (primary N) is 1. The van der Waals surface area contributed by atoms with Gasteiger partial charge in [0.15, 0.2) is 17.2 Å². The lowest BCUT2D eigenvalue weighted by Crippen LogP contribution is -2.43. The molecule has 0 radical (unpaired) electrons. The molecular formula is C19H29N3O4. The van der Waals surface area contributed by atoms with Gasteiger partial charge in [-0.2, -0.15) is 0 Å². The normalized spacial score (nSPS) is 16.1. The Morgan fingerprint density at radius 2 is 2.12 bits per heavy atom. The Kier molecular flexibility index (Phi) is 7.84. The summed E-state index contributed by atoms with van der Waals surface area (Å²) in [5.41, 5.74) is 5.52. The number of pyridine rings is 1. The maximum absolute atomic E-state index is 12.2. The lowest BCUT2D eigenvalue weighted by molar-refractivity contribution is -0.121. The van der Waals surface area contributed by atoms with Crippen molar-refractivity contribution in [2.24, 2.45) is 11.7 Å². The molecule has 0 spiro atoms. The fourth-order valence-corrected chi connectivity index (χ4v) is 3.10. The van der Waals surface area contributed by atoms with Crippen molar-refractivity contribution in [2.75, 3.05) is 6.61 Å². The van der Waals surface area contributed by atoms with Crippen LogP contribution in [0.3, 0.4) is 0 Å². The van der Waals surface area contributed by atoms with Gasteiger partial charge in [-0.15, -0.1) is 0 Å². The number of nitrogens with one attached hydrogen (secondary N) is 1. The summed E-state index contributed by atoms with van der Waals surface area (Å²) in [7, 11) is 0. The van der Waals surface area contributed by atoms with E-state index in [-0.39, 0.29) is 17.2 Å². The molecule has 1 fully saturated rings. The third kappa shape index (κ3) is 5.69. The Morgan fingerprint density at radius 1 is 1.38 bits per heavy atom. The van der Waals surface area contributed by atoms with Crippen LogP contribution in [0.1, 0.15) is 68.8 Å². The zero-order chi connectivity index (χ0) is 18.9. The van der Waals surface area contributed by atoms with Crippen LogP contribution in [0.25, 0.3) is 0 Å². The minimum atomic E-state index is -0.775. The molecule has 1 aromatic rings. The van der Waals surface area contributed by atoms with Crippen LogP contribution in [0.15, 0.2) is 12.3 Å². The summed E-state index contributed by atoms with van der Waals surface area (Å²) in [4.78, 5) is 28.1. The van der Waals surface area contributed by atoms with E-state index in [0.29, 0.717) is 18.9 Å². The van der Waals surface area contributed by atoms with Gasteiger partial charge in [0.2, 0.25) is 5.91 Å². The molecule has 7 nitrogen and oxygen atoms in total. The van der Waals surface area contributed by atoms with Crippen molar-refractivity contribution in [3.05, 3.63) is 18.0 Å². The molecule has 0 bridgehead atoms. The first kappa shape index (κ1) is 20.2. The van der Waals surface area contributed by atoms with Crippen molar-refractivity contribution in [2.45, 2.75) is 64.3 Å². The summed E-state index contributed by atoms with van der Waals surface area (Å²) in [6.45, 7) is 2.50. The standard InChI is InChI=1S/C19H29N3O4/c1-2-3-9-14(20)18(24)22-19(25)16-17(23)15(10-11-21-16)26-12-13-7-5-4-6-8-13/h10-11,13-14,23H,2-9,12,20H2,1H3,(H,22,24,25)/t14-/m0/s1. The minimum absolute atomic E-state index is 0.207. The summed E-state index contributed by atoms with van der Waals surface area (Å²) in [5, 5.41) is 12.5. The van der Waals surface area contributed by atoms with E-state index in [1.54, 1.807) is 0 Å². The second-order valence-electron chi connectivity index (χ2n) is 6.89. The predicted octanol–water partition coefficient (Wildman–Crippen LogP) is 2.52. The van der Waals surface area contributed by atoms with E-state index in [1.165, 1.54) is 31.5 Å². The van der Waals surface area contributed by atoms with Gasteiger partial charge >= 0.3 is 0 Å². The van der Waals surface area contributed by atoms with Gasteiger partial charge in [-0.3, -0.25) is 14.9 Å². The number of hydrogen-bond acceptors (Lipinski definition) is 6. The Hall–Kier alpha value is -2.15. The highest BCUT2D eigenvalue weighted by molar-refractivity contribution is 6.06. The van der Waals surface area contributed by atoms with Crippen LogP contribution in [0, 0.1) is 5.92 Å². The molecule has 0 unspecified atom stereocenters. The Morgan fingerprint density at radius 3 is 2.81 bits per heavy atom. The lowest BCUT2D eigenvalue weighted by Gasteiger charge is -2.22.